The second-order valence-corrected chi connectivity index (χ2v) is 11.4. The summed E-state index contributed by atoms with van der Waals surface area (Å²) in [6, 6.07) is 0. The molecule has 272 valence electrons. The molecule has 0 aromatic heterocycles. The molecular formula is C30H44O18. The van der Waals surface area contributed by atoms with Gasteiger partial charge in [-0.2, -0.15) is 0 Å². The van der Waals surface area contributed by atoms with Gasteiger partial charge in [-0.15, -0.1) is 0 Å². The van der Waals surface area contributed by atoms with Gasteiger partial charge in [0.1, 0.15) is 31.5 Å². The molecule has 2 saturated heterocycles. The number of hydrogen-bond acceptors (Lipinski definition) is 18. The van der Waals surface area contributed by atoms with Gasteiger partial charge in [-0.3, -0.25) is 33.6 Å². The van der Waals surface area contributed by atoms with Crippen molar-refractivity contribution >= 4 is 41.8 Å². The Morgan fingerprint density at radius 1 is 0.479 bits per heavy atom. The van der Waals surface area contributed by atoms with E-state index >= 15 is 0 Å². The molecule has 0 aromatic carbocycles. The molecule has 0 aliphatic carbocycles. The first-order valence-electron chi connectivity index (χ1n) is 15.1. The van der Waals surface area contributed by atoms with Crippen LogP contribution in [-0.4, -0.2) is 123 Å². The molecule has 0 unspecified atom stereocenters. The smallest absolute Gasteiger partial charge is 0.303 e. The van der Waals surface area contributed by atoms with Gasteiger partial charge in [-0.25, -0.2) is 0 Å². The first kappa shape index (κ1) is 40.3. The lowest BCUT2D eigenvalue weighted by molar-refractivity contribution is -0.361. The van der Waals surface area contributed by atoms with Crippen LogP contribution in [0.1, 0.15) is 62.3 Å². The normalized spacial score (nSPS) is 30.0. The Hall–Kier alpha value is -3.87. The van der Waals surface area contributed by atoms with Gasteiger partial charge in [0.25, 0.3) is 0 Å². The molecule has 18 heteroatoms. The van der Waals surface area contributed by atoms with E-state index in [0.29, 0.717) is 0 Å². The van der Waals surface area contributed by atoms with Crippen LogP contribution >= 0.6 is 0 Å². The quantitative estimate of drug-likeness (QED) is 0.176. The van der Waals surface area contributed by atoms with Crippen molar-refractivity contribution in [2.24, 2.45) is 5.92 Å². The van der Waals surface area contributed by atoms with E-state index in [9.17, 15) is 33.6 Å². The highest BCUT2D eigenvalue weighted by atomic mass is 16.8. The summed E-state index contributed by atoms with van der Waals surface area (Å²) < 4.78 is 61.9. The minimum absolute atomic E-state index is 0.0164. The zero-order valence-corrected chi connectivity index (χ0v) is 28.3. The summed E-state index contributed by atoms with van der Waals surface area (Å²) in [5.41, 5.74) is 0. The molecule has 2 fully saturated rings. The van der Waals surface area contributed by atoms with Gasteiger partial charge in [0, 0.05) is 48.5 Å². The van der Waals surface area contributed by atoms with Crippen LogP contribution < -0.4 is 0 Å². The largest absolute Gasteiger partial charge is 0.463 e. The van der Waals surface area contributed by atoms with Gasteiger partial charge in [0.05, 0.1) is 6.61 Å². The standard InChI is InChI=1S/C30H44O18/c1-13(2)10-40-29-27(44-19(8)36)26(43-18(7)35)24(22(46-29)12-39-15(4)32)48-30-28(45-20(9)37)25(42-17(6)34)23(41-16(5)33)21(47-30)11-38-14(3)31/h13,21-30H,10-12H2,1-9H3/t21-,22-,23-,24-,25+,26+,27-,28-,29-,30+/m1/s1. The third-order valence-electron chi connectivity index (χ3n) is 6.48. The molecular weight excluding hydrogens is 648 g/mol. The average Bonchev–Trinajstić information content (AvgIpc) is 2.94. The van der Waals surface area contributed by atoms with E-state index in [1.54, 1.807) is 0 Å². The van der Waals surface area contributed by atoms with E-state index in [0.717, 1.165) is 48.5 Å². The zero-order valence-electron chi connectivity index (χ0n) is 28.3. The molecule has 0 bridgehead atoms. The highest BCUT2D eigenvalue weighted by molar-refractivity contribution is 5.69. The Morgan fingerprint density at radius 3 is 1.25 bits per heavy atom. The van der Waals surface area contributed by atoms with Gasteiger partial charge in [0.15, 0.2) is 43.1 Å². The van der Waals surface area contributed by atoms with Crippen molar-refractivity contribution in [1.29, 1.82) is 0 Å². The van der Waals surface area contributed by atoms with Crippen molar-refractivity contribution in [2.45, 2.75) is 124 Å². The predicted octanol–water partition coefficient (Wildman–Crippen LogP) is 0.279. The molecule has 2 aliphatic heterocycles. The fourth-order valence-corrected chi connectivity index (χ4v) is 4.89. The molecule has 48 heavy (non-hydrogen) atoms. The van der Waals surface area contributed by atoms with Crippen LogP contribution in [-0.2, 0) is 85.7 Å². The maximum atomic E-state index is 12.4. The van der Waals surface area contributed by atoms with Gasteiger partial charge in [0.2, 0.25) is 0 Å². The minimum atomic E-state index is -1.76. The first-order valence-corrected chi connectivity index (χ1v) is 15.1. The summed E-state index contributed by atoms with van der Waals surface area (Å²) in [7, 11) is 0. The number of rotatable bonds is 14. The Labute approximate surface area is 277 Å². The summed E-state index contributed by atoms with van der Waals surface area (Å²) in [6.07, 6.45) is -15.1. The van der Waals surface area contributed by atoms with Crippen molar-refractivity contribution in [3.63, 3.8) is 0 Å². The number of carbonyl (C=O) groups excluding carboxylic acids is 7. The minimum Gasteiger partial charge on any atom is -0.463 e. The maximum Gasteiger partial charge on any atom is 0.303 e. The van der Waals surface area contributed by atoms with E-state index < -0.39 is 116 Å². The first-order chi connectivity index (χ1) is 22.4. The molecule has 2 heterocycles. The van der Waals surface area contributed by atoms with E-state index in [1.165, 1.54) is 0 Å². The number of hydrogen-bond donors (Lipinski definition) is 0. The molecule has 2 rings (SSSR count). The van der Waals surface area contributed by atoms with Crippen LogP contribution in [0.2, 0.25) is 0 Å². The summed E-state index contributed by atoms with van der Waals surface area (Å²) in [5, 5.41) is 0. The lowest BCUT2D eigenvalue weighted by atomic mass is 9.96. The Balaban J connectivity index is 2.72. The number of ether oxygens (including phenoxy) is 11. The highest BCUT2D eigenvalue weighted by Gasteiger charge is 2.57. The van der Waals surface area contributed by atoms with Gasteiger partial charge in [-0.05, 0) is 5.92 Å². The summed E-state index contributed by atoms with van der Waals surface area (Å²) in [4.78, 5) is 84.9. The van der Waals surface area contributed by atoms with E-state index in [2.05, 4.69) is 0 Å². The van der Waals surface area contributed by atoms with Crippen molar-refractivity contribution in [3.8, 4) is 0 Å². The van der Waals surface area contributed by atoms with Crippen molar-refractivity contribution < 1.29 is 85.7 Å². The SMILES string of the molecule is CC(=O)OC[C@H]1O[C@@H](O[C@H]2[C@H](OC(C)=O)[C@@H](OC(C)=O)[C@H](OCC(C)C)O[C@@H]2COC(C)=O)[C@H](OC(C)=O)[C@@H](OC(C)=O)[C@@H]1OC(C)=O. The van der Waals surface area contributed by atoms with Crippen LogP contribution in [0.15, 0.2) is 0 Å². The van der Waals surface area contributed by atoms with E-state index in [-0.39, 0.29) is 12.5 Å². The van der Waals surface area contributed by atoms with Crippen molar-refractivity contribution in [1.82, 2.24) is 0 Å². The Morgan fingerprint density at radius 2 is 0.833 bits per heavy atom. The molecule has 10 atom stereocenters. The summed E-state index contributed by atoms with van der Waals surface area (Å²) >= 11 is 0. The lowest BCUT2D eigenvalue weighted by Gasteiger charge is -2.48. The van der Waals surface area contributed by atoms with E-state index in [1.807, 2.05) is 13.8 Å². The van der Waals surface area contributed by atoms with Crippen LogP contribution in [0.4, 0.5) is 0 Å². The molecule has 0 N–H and O–H groups in total. The highest BCUT2D eigenvalue weighted by Crippen LogP contribution is 2.35. The fraction of sp³-hybridized carbons (Fsp3) is 0.767. The van der Waals surface area contributed by atoms with Gasteiger partial charge in [-0.1, -0.05) is 13.8 Å². The molecule has 18 nitrogen and oxygen atoms in total. The molecule has 2 aliphatic rings. The van der Waals surface area contributed by atoms with Gasteiger partial charge < -0.3 is 52.1 Å². The third-order valence-corrected chi connectivity index (χ3v) is 6.48. The van der Waals surface area contributed by atoms with Crippen molar-refractivity contribution in [2.75, 3.05) is 19.8 Å². The Bertz CT molecular complexity index is 1170. The zero-order chi connectivity index (χ0) is 36.3. The number of carbonyl (C=O) groups is 7. The third kappa shape index (κ3) is 12.6. The fourth-order valence-electron chi connectivity index (χ4n) is 4.89. The summed E-state index contributed by atoms with van der Waals surface area (Å²) in [6.45, 7) is 10.3. The monoisotopic (exact) mass is 692 g/mol. The lowest BCUT2D eigenvalue weighted by Crippen LogP contribution is -2.67. The van der Waals surface area contributed by atoms with Crippen LogP contribution in [0.3, 0.4) is 0 Å². The van der Waals surface area contributed by atoms with Crippen LogP contribution in [0, 0.1) is 5.92 Å². The molecule has 0 aromatic rings. The average molecular weight is 693 g/mol. The maximum absolute atomic E-state index is 12.4. The predicted molar refractivity (Wildman–Crippen MR) is 154 cm³/mol. The number of esters is 7. The van der Waals surface area contributed by atoms with Crippen molar-refractivity contribution in [3.05, 3.63) is 0 Å². The topological polar surface area (TPSA) is 221 Å². The van der Waals surface area contributed by atoms with Crippen LogP contribution in [0.25, 0.3) is 0 Å². The summed E-state index contributed by atoms with van der Waals surface area (Å²) in [5.74, 6) is -5.74. The molecule has 0 saturated carbocycles. The second-order valence-electron chi connectivity index (χ2n) is 11.4. The molecule has 0 amide bonds. The van der Waals surface area contributed by atoms with E-state index in [4.69, 9.17) is 52.1 Å². The van der Waals surface area contributed by atoms with Gasteiger partial charge >= 0.3 is 41.8 Å². The Kier molecular flexibility index (Phi) is 15.6. The van der Waals surface area contributed by atoms with Crippen LogP contribution in [0.5, 0.6) is 0 Å². The second kappa shape index (κ2) is 18.6. The molecule has 0 radical (unpaired) electrons. The molecule has 0 spiro atoms.